The Morgan fingerprint density at radius 2 is 2.28 bits per heavy atom. The average molecular weight is 325 g/mol. The predicted molar refractivity (Wildman–Crippen MR) is 81.1 cm³/mol. The van der Waals surface area contributed by atoms with Crippen molar-refractivity contribution in [1.82, 2.24) is 10.3 Å². The normalized spacial score (nSPS) is 12.6. The molecule has 1 N–H and O–H groups in total. The van der Waals surface area contributed by atoms with Crippen LogP contribution in [0.4, 0.5) is 0 Å². The number of aryl methyl sites for hydroxylation is 1. The van der Waals surface area contributed by atoms with Crippen LogP contribution in [0.2, 0.25) is 0 Å². The van der Waals surface area contributed by atoms with Gasteiger partial charge in [-0.15, -0.1) is 11.3 Å². The lowest BCUT2D eigenvalue weighted by Gasteiger charge is -2.17. The molecule has 0 aliphatic rings. The van der Waals surface area contributed by atoms with Gasteiger partial charge in [-0.2, -0.15) is 0 Å². The predicted octanol–water partition coefficient (Wildman–Crippen LogP) is 4.11. The minimum Gasteiger partial charge on any atom is -0.309 e. The van der Waals surface area contributed by atoms with Crippen LogP contribution in [0.1, 0.15) is 29.2 Å². The summed E-state index contributed by atoms with van der Waals surface area (Å²) in [4.78, 5) is 6.00. The molecule has 96 valence electrons. The summed E-state index contributed by atoms with van der Waals surface area (Å²) in [5, 5.41) is 5.64. The number of pyridine rings is 1. The van der Waals surface area contributed by atoms with E-state index in [1.54, 1.807) is 11.3 Å². The van der Waals surface area contributed by atoms with Gasteiger partial charge >= 0.3 is 0 Å². The smallest absolute Gasteiger partial charge is 0.0580 e. The van der Waals surface area contributed by atoms with E-state index in [9.17, 15) is 0 Å². The number of aromatic nitrogens is 1. The molecule has 2 rings (SSSR count). The van der Waals surface area contributed by atoms with E-state index in [4.69, 9.17) is 0 Å². The summed E-state index contributed by atoms with van der Waals surface area (Å²) >= 11 is 5.29. The van der Waals surface area contributed by atoms with Crippen LogP contribution in [0, 0.1) is 6.92 Å². The van der Waals surface area contributed by atoms with Crippen LogP contribution in [0.5, 0.6) is 0 Å². The van der Waals surface area contributed by atoms with Gasteiger partial charge in [-0.25, -0.2) is 0 Å². The molecule has 0 saturated heterocycles. The maximum Gasteiger partial charge on any atom is 0.0580 e. The molecule has 0 fully saturated rings. The van der Waals surface area contributed by atoms with E-state index in [2.05, 4.69) is 56.7 Å². The van der Waals surface area contributed by atoms with Crippen molar-refractivity contribution < 1.29 is 0 Å². The van der Waals surface area contributed by atoms with Gasteiger partial charge in [-0.05, 0) is 47.6 Å². The Kier molecular flexibility index (Phi) is 4.92. The lowest BCUT2D eigenvalue weighted by Crippen LogP contribution is -2.23. The number of hydrogen-bond donors (Lipinski definition) is 1. The topological polar surface area (TPSA) is 24.9 Å². The molecule has 2 aromatic rings. The Balaban J connectivity index is 2.17. The zero-order chi connectivity index (χ0) is 13.0. The summed E-state index contributed by atoms with van der Waals surface area (Å²) in [5.74, 6) is 0. The first-order chi connectivity index (χ1) is 8.69. The third kappa shape index (κ3) is 3.64. The van der Waals surface area contributed by atoms with E-state index in [0.29, 0.717) is 6.04 Å². The lowest BCUT2D eigenvalue weighted by molar-refractivity contribution is 0.539. The molecule has 0 aromatic carbocycles. The van der Waals surface area contributed by atoms with Crippen LogP contribution >= 0.6 is 27.3 Å². The van der Waals surface area contributed by atoms with E-state index in [0.717, 1.165) is 28.8 Å². The van der Waals surface area contributed by atoms with Crippen molar-refractivity contribution in [3.05, 3.63) is 50.4 Å². The van der Waals surface area contributed by atoms with E-state index in [-0.39, 0.29) is 0 Å². The number of hydrogen-bond acceptors (Lipinski definition) is 3. The third-order valence-corrected chi connectivity index (χ3v) is 4.46. The van der Waals surface area contributed by atoms with Gasteiger partial charge in [0.2, 0.25) is 0 Å². The molecule has 0 bridgehead atoms. The van der Waals surface area contributed by atoms with Gasteiger partial charge in [0.25, 0.3) is 0 Å². The molecule has 1 unspecified atom stereocenters. The zero-order valence-electron chi connectivity index (χ0n) is 10.6. The van der Waals surface area contributed by atoms with E-state index in [1.165, 1.54) is 4.88 Å². The minimum atomic E-state index is 0.292. The highest BCUT2D eigenvalue weighted by atomic mass is 79.9. The Labute approximate surface area is 121 Å². The first-order valence-corrected chi connectivity index (χ1v) is 7.76. The minimum absolute atomic E-state index is 0.292. The molecule has 0 amide bonds. The summed E-state index contributed by atoms with van der Waals surface area (Å²) < 4.78 is 1.16. The largest absolute Gasteiger partial charge is 0.309 e. The molecule has 1 atom stereocenters. The van der Waals surface area contributed by atoms with Crippen molar-refractivity contribution in [2.24, 2.45) is 0 Å². The van der Waals surface area contributed by atoms with Crippen LogP contribution in [-0.2, 0) is 6.42 Å². The number of rotatable bonds is 5. The highest BCUT2D eigenvalue weighted by Gasteiger charge is 2.13. The molecule has 4 heteroatoms. The van der Waals surface area contributed by atoms with Crippen LogP contribution < -0.4 is 5.32 Å². The van der Waals surface area contributed by atoms with Crippen molar-refractivity contribution in [3.8, 4) is 0 Å². The van der Waals surface area contributed by atoms with Gasteiger partial charge in [0.05, 0.1) is 11.7 Å². The van der Waals surface area contributed by atoms with E-state index < -0.39 is 0 Å². The van der Waals surface area contributed by atoms with Gasteiger partial charge in [-0.3, -0.25) is 4.98 Å². The van der Waals surface area contributed by atoms with Crippen LogP contribution in [-0.4, -0.2) is 11.5 Å². The molecule has 0 aliphatic heterocycles. The summed E-state index contributed by atoms with van der Waals surface area (Å²) in [5.41, 5.74) is 2.20. The van der Waals surface area contributed by atoms with Gasteiger partial charge < -0.3 is 5.32 Å². The van der Waals surface area contributed by atoms with Crippen molar-refractivity contribution >= 4 is 27.3 Å². The van der Waals surface area contributed by atoms with E-state index >= 15 is 0 Å². The summed E-state index contributed by atoms with van der Waals surface area (Å²) in [6.45, 7) is 5.12. The second-order valence-electron chi connectivity index (χ2n) is 4.25. The second kappa shape index (κ2) is 6.45. The molecular formula is C14H17BrN2S. The third-order valence-electron chi connectivity index (χ3n) is 2.74. The van der Waals surface area contributed by atoms with Crippen LogP contribution in [0.15, 0.2) is 34.1 Å². The number of likely N-dealkylation sites (N-methyl/N-ethyl adjacent to an activating group) is 1. The highest BCUT2D eigenvalue weighted by molar-refractivity contribution is 9.10. The van der Waals surface area contributed by atoms with Gasteiger partial charge in [0.1, 0.15) is 0 Å². The number of halogens is 1. The van der Waals surface area contributed by atoms with Gasteiger partial charge in [0.15, 0.2) is 0 Å². The molecule has 0 spiro atoms. The fourth-order valence-corrected chi connectivity index (χ4v) is 3.45. The maximum atomic E-state index is 4.63. The first kappa shape index (κ1) is 13.7. The first-order valence-electron chi connectivity index (χ1n) is 6.09. The number of nitrogens with one attached hydrogen (secondary N) is 1. The fraction of sp³-hybridized carbons (Fsp3) is 0.357. The summed E-state index contributed by atoms with van der Waals surface area (Å²) in [6.07, 6.45) is 0.987. The quantitative estimate of drug-likeness (QED) is 0.895. The molecule has 18 heavy (non-hydrogen) atoms. The standard InChI is InChI=1S/C14H17BrN2S/c1-3-16-14(8-12-7-11(15)9-18-12)13-6-4-5-10(2)17-13/h4-7,9,14,16H,3,8H2,1-2H3. The Morgan fingerprint density at radius 1 is 1.44 bits per heavy atom. The second-order valence-corrected chi connectivity index (χ2v) is 6.16. The monoisotopic (exact) mass is 324 g/mol. The van der Waals surface area contributed by atoms with E-state index in [1.807, 2.05) is 13.0 Å². The Bertz CT molecular complexity index is 510. The van der Waals surface area contributed by atoms with Crippen molar-refractivity contribution in [2.75, 3.05) is 6.54 Å². The van der Waals surface area contributed by atoms with Crippen molar-refractivity contribution in [3.63, 3.8) is 0 Å². The van der Waals surface area contributed by atoms with Crippen molar-refractivity contribution in [1.29, 1.82) is 0 Å². The Hall–Kier alpha value is -0.710. The maximum absolute atomic E-state index is 4.63. The highest BCUT2D eigenvalue weighted by Crippen LogP contribution is 2.25. The molecule has 2 nitrogen and oxygen atoms in total. The van der Waals surface area contributed by atoms with Gasteiger partial charge in [-0.1, -0.05) is 13.0 Å². The molecule has 2 aromatic heterocycles. The van der Waals surface area contributed by atoms with Crippen molar-refractivity contribution in [2.45, 2.75) is 26.3 Å². The fourth-order valence-electron chi connectivity index (χ4n) is 1.95. The SMILES string of the molecule is CCNC(Cc1cc(Br)cs1)c1cccc(C)n1. The number of nitrogens with zero attached hydrogens (tertiary/aromatic N) is 1. The Morgan fingerprint density at radius 3 is 2.89 bits per heavy atom. The molecule has 0 radical (unpaired) electrons. The van der Waals surface area contributed by atoms with Crippen LogP contribution in [0.25, 0.3) is 0 Å². The zero-order valence-corrected chi connectivity index (χ0v) is 13.0. The molecular weight excluding hydrogens is 308 g/mol. The molecule has 2 heterocycles. The number of thiophene rings is 1. The average Bonchev–Trinajstić information content (AvgIpc) is 2.74. The van der Waals surface area contributed by atoms with Gasteiger partial charge in [0, 0.05) is 26.8 Å². The molecule has 0 saturated carbocycles. The lowest BCUT2D eigenvalue weighted by atomic mass is 10.1. The summed E-state index contributed by atoms with van der Waals surface area (Å²) in [7, 11) is 0. The molecule has 0 aliphatic carbocycles. The summed E-state index contributed by atoms with van der Waals surface area (Å²) in [6, 6.07) is 8.69. The van der Waals surface area contributed by atoms with Crippen LogP contribution in [0.3, 0.4) is 0 Å².